The third kappa shape index (κ3) is 2.80. The molecule has 3 heterocycles. The first kappa shape index (κ1) is 15.5. The van der Waals surface area contributed by atoms with Gasteiger partial charge in [0.2, 0.25) is 0 Å². The van der Waals surface area contributed by atoms with Crippen molar-refractivity contribution in [2.75, 3.05) is 5.32 Å². The molecule has 0 fully saturated rings. The van der Waals surface area contributed by atoms with Gasteiger partial charge in [0.15, 0.2) is 5.82 Å². The van der Waals surface area contributed by atoms with Crippen molar-refractivity contribution in [1.82, 2.24) is 19.6 Å². The SMILES string of the molecule is Cc1nn(-c2ccc(F)cc2)c2sc(C(=O)Nc3ccn(C)n3)cc12. The summed E-state index contributed by atoms with van der Waals surface area (Å²) in [6.07, 6.45) is 1.76. The van der Waals surface area contributed by atoms with Gasteiger partial charge in [0.1, 0.15) is 10.6 Å². The Balaban J connectivity index is 1.71. The van der Waals surface area contributed by atoms with Crippen molar-refractivity contribution < 1.29 is 9.18 Å². The lowest BCUT2D eigenvalue weighted by molar-refractivity contribution is 0.103. The van der Waals surface area contributed by atoms with E-state index in [0.717, 1.165) is 21.6 Å². The molecule has 0 aliphatic heterocycles. The molecule has 0 aliphatic rings. The first-order valence-electron chi connectivity index (χ1n) is 7.57. The summed E-state index contributed by atoms with van der Waals surface area (Å²) < 4.78 is 16.5. The molecule has 0 bridgehead atoms. The molecule has 8 heteroatoms. The van der Waals surface area contributed by atoms with Crippen molar-refractivity contribution >= 4 is 33.3 Å². The molecular formula is C17H14FN5OS. The summed E-state index contributed by atoms with van der Waals surface area (Å²) >= 11 is 1.34. The molecule has 3 aromatic heterocycles. The first-order chi connectivity index (χ1) is 12.0. The number of amides is 1. The number of hydrogen-bond acceptors (Lipinski definition) is 4. The molecule has 0 unspecified atom stereocenters. The summed E-state index contributed by atoms with van der Waals surface area (Å²) in [5.41, 5.74) is 1.56. The second-order valence-corrected chi connectivity index (χ2v) is 6.66. The van der Waals surface area contributed by atoms with E-state index in [2.05, 4.69) is 15.5 Å². The zero-order chi connectivity index (χ0) is 17.6. The van der Waals surface area contributed by atoms with Crippen molar-refractivity contribution in [2.45, 2.75) is 6.92 Å². The lowest BCUT2D eigenvalue weighted by atomic mass is 10.3. The normalized spacial score (nSPS) is 11.2. The Morgan fingerprint density at radius 1 is 1.20 bits per heavy atom. The van der Waals surface area contributed by atoms with E-state index < -0.39 is 0 Å². The maximum Gasteiger partial charge on any atom is 0.267 e. The number of aromatic nitrogens is 4. The molecule has 4 aromatic rings. The average molecular weight is 355 g/mol. The van der Waals surface area contributed by atoms with Crippen LogP contribution in [0.2, 0.25) is 0 Å². The minimum absolute atomic E-state index is 0.218. The van der Waals surface area contributed by atoms with Crippen LogP contribution in [0, 0.1) is 12.7 Å². The molecule has 0 spiro atoms. The standard InChI is InChI=1S/C17H14FN5OS/c1-10-13-9-14(16(24)19-15-7-8-22(2)21-15)25-17(13)23(20-10)12-5-3-11(18)4-6-12/h3-9H,1-2H3,(H,19,21,24). The van der Waals surface area contributed by atoms with Gasteiger partial charge in [0, 0.05) is 24.7 Å². The van der Waals surface area contributed by atoms with Gasteiger partial charge in [-0.05, 0) is 37.3 Å². The molecule has 0 atom stereocenters. The van der Waals surface area contributed by atoms with E-state index in [-0.39, 0.29) is 11.7 Å². The Morgan fingerprint density at radius 3 is 2.64 bits per heavy atom. The minimum Gasteiger partial charge on any atom is -0.304 e. The lowest BCUT2D eigenvalue weighted by Gasteiger charge is -2.02. The van der Waals surface area contributed by atoms with Gasteiger partial charge in [-0.3, -0.25) is 9.48 Å². The van der Waals surface area contributed by atoms with Gasteiger partial charge in [0.05, 0.1) is 16.3 Å². The predicted octanol–water partition coefficient (Wildman–Crippen LogP) is 3.52. The summed E-state index contributed by atoms with van der Waals surface area (Å²) in [6.45, 7) is 1.88. The molecule has 0 aliphatic carbocycles. The summed E-state index contributed by atoms with van der Waals surface area (Å²) in [5, 5.41) is 12.3. The van der Waals surface area contributed by atoms with E-state index in [1.807, 2.05) is 13.0 Å². The molecule has 4 rings (SSSR count). The van der Waals surface area contributed by atoms with Gasteiger partial charge in [-0.1, -0.05) is 0 Å². The van der Waals surface area contributed by atoms with Crippen LogP contribution in [0.5, 0.6) is 0 Å². The smallest absolute Gasteiger partial charge is 0.267 e. The van der Waals surface area contributed by atoms with Gasteiger partial charge in [-0.2, -0.15) is 10.2 Å². The Kier molecular flexibility index (Phi) is 3.61. The van der Waals surface area contributed by atoms with Crippen LogP contribution < -0.4 is 5.32 Å². The number of thiophene rings is 1. The number of hydrogen-bond donors (Lipinski definition) is 1. The number of carbonyl (C=O) groups is 1. The Labute approximate surface area is 146 Å². The monoisotopic (exact) mass is 355 g/mol. The number of carbonyl (C=O) groups excluding carboxylic acids is 1. The molecule has 126 valence electrons. The second-order valence-electron chi connectivity index (χ2n) is 5.63. The van der Waals surface area contributed by atoms with Gasteiger partial charge < -0.3 is 5.32 Å². The zero-order valence-corrected chi connectivity index (χ0v) is 14.3. The van der Waals surface area contributed by atoms with E-state index in [1.54, 1.807) is 40.8 Å². The van der Waals surface area contributed by atoms with E-state index >= 15 is 0 Å². The number of nitrogens with zero attached hydrogens (tertiary/aromatic N) is 4. The largest absolute Gasteiger partial charge is 0.304 e. The summed E-state index contributed by atoms with van der Waals surface area (Å²) in [7, 11) is 1.79. The van der Waals surface area contributed by atoms with Crippen molar-refractivity contribution in [3.63, 3.8) is 0 Å². The topological polar surface area (TPSA) is 64.7 Å². The minimum atomic E-state index is -0.300. The highest BCUT2D eigenvalue weighted by Crippen LogP contribution is 2.30. The quantitative estimate of drug-likeness (QED) is 0.611. The van der Waals surface area contributed by atoms with E-state index in [1.165, 1.54) is 23.5 Å². The predicted molar refractivity (Wildman–Crippen MR) is 94.8 cm³/mol. The van der Waals surface area contributed by atoms with Gasteiger partial charge in [-0.15, -0.1) is 11.3 Å². The molecule has 1 amide bonds. The number of aryl methyl sites for hydroxylation is 2. The molecule has 25 heavy (non-hydrogen) atoms. The molecule has 0 saturated heterocycles. The fourth-order valence-electron chi connectivity index (χ4n) is 2.58. The summed E-state index contributed by atoms with van der Waals surface area (Å²) in [4.78, 5) is 13.9. The van der Waals surface area contributed by atoms with E-state index in [0.29, 0.717) is 10.7 Å². The van der Waals surface area contributed by atoms with Crippen LogP contribution in [0.25, 0.3) is 15.9 Å². The zero-order valence-electron chi connectivity index (χ0n) is 13.5. The van der Waals surface area contributed by atoms with Crippen LogP contribution in [0.15, 0.2) is 42.6 Å². The van der Waals surface area contributed by atoms with Crippen LogP contribution >= 0.6 is 11.3 Å². The fourth-order valence-corrected chi connectivity index (χ4v) is 3.65. The van der Waals surface area contributed by atoms with Crippen molar-refractivity contribution in [2.24, 2.45) is 7.05 Å². The number of halogens is 1. The van der Waals surface area contributed by atoms with Crippen LogP contribution in [-0.4, -0.2) is 25.5 Å². The summed E-state index contributed by atoms with van der Waals surface area (Å²) in [5.74, 6) is -0.0164. The van der Waals surface area contributed by atoms with Gasteiger partial charge in [-0.25, -0.2) is 9.07 Å². The van der Waals surface area contributed by atoms with Crippen molar-refractivity contribution in [1.29, 1.82) is 0 Å². The number of rotatable bonds is 3. The van der Waals surface area contributed by atoms with Gasteiger partial charge in [0.25, 0.3) is 5.91 Å². The van der Waals surface area contributed by atoms with Crippen LogP contribution in [0.3, 0.4) is 0 Å². The van der Waals surface area contributed by atoms with Crippen LogP contribution in [0.4, 0.5) is 10.2 Å². The molecule has 0 radical (unpaired) electrons. The lowest BCUT2D eigenvalue weighted by Crippen LogP contribution is -2.10. The van der Waals surface area contributed by atoms with Crippen molar-refractivity contribution in [3.05, 3.63) is 59.0 Å². The van der Waals surface area contributed by atoms with Crippen molar-refractivity contribution in [3.8, 4) is 5.69 Å². The molecular weight excluding hydrogens is 341 g/mol. The van der Waals surface area contributed by atoms with Crippen LogP contribution in [0.1, 0.15) is 15.4 Å². The Morgan fingerprint density at radius 2 is 1.96 bits per heavy atom. The van der Waals surface area contributed by atoms with E-state index in [9.17, 15) is 9.18 Å². The molecule has 1 N–H and O–H groups in total. The Hall–Kier alpha value is -3.00. The van der Waals surface area contributed by atoms with E-state index in [4.69, 9.17) is 0 Å². The highest BCUT2D eigenvalue weighted by molar-refractivity contribution is 7.20. The number of anilines is 1. The maximum absolute atomic E-state index is 13.2. The highest BCUT2D eigenvalue weighted by atomic mass is 32.1. The fraction of sp³-hybridized carbons (Fsp3) is 0.118. The number of fused-ring (bicyclic) bond motifs is 1. The van der Waals surface area contributed by atoms with Gasteiger partial charge >= 0.3 is 0 Å². The molecule has 1 aromatic carbocycles. The first-order valence-corrected chi connectivity index (χ1v) is 8.39. The average Bonchev–Trinajstić information content (AvgIpc) is 3.26. The van der Waals surface area contributed by atoms with Crippen LogP contribution in [-0.2, 0) is 7.05 Å². The maximum atomic E-state index is 13.2. The number of benzene rings is 1. The Bertz CT molecular complexity index is 1080. The highest BCUT2D eigenvalue weighted by Gasteiger charge is 2.17. The molecule has 6 nitrogen and oxygen atoms in total. The number of nitrogens with one attached hydrogen (secondary N) is 1. The third-order valence-corrected chi connectivity index (χ3v) is 4.90. The summed E-state index contributed by atoms with van der Waals surface area (Å²) in [6, 6.07) is 9.65. The second kappa shape index (κ2) is 5.82. The molecule has 0 saturated carbocycles. The third-order valence-electron chi connectivity index (χ3n) is 3.79.